The van der Waals surface area contributed by atoms with E-state index in [1.807, 2.05) is 54.1 Å². The van der Waals surface area contributed by atoms with Crippen molar-refractivity contribution >= 4 is 23.5 Å². The average Bonchev–Trinajstić information content (AvgIpc) is 3.29. The summed E-state index contributed by atoms with van der Waals surface area (Å²) in [5.41, 5.74) is 5.98. The number of hydrogen-bond acceptors (Lipinski definition) is 6. The topological polar surface area (TPSA) is 69.0 Å². The molecule has 2 heterocycles. The van der Waals surface area contributed by atoms with Crippen LogP contribution in [0.5, 0.6) is 5.75 Å². The number of hydrogen-bond donors (Lipinski definition) is 1. The van der Waals surface area contributed by atoms with Crippen molar-refractivity contribution in [3.05, 3.63) is 112 Å². The van der Waals surface area contributed by atoms with Crippen LogP contribution in [0, 0.1) is 6.92 Å². The van der Waals surface area contributed by atoms with Crippen molar-refractivity contribution in [2.45, 2.75) is 44.3 Å². The van der Waals surface area contributed by atoms with Gasteiger partial charge >= 0.3 is 0 Å². The molecule has 1 aromatic heterocycles. The van der Waals surface area contributed by atoms with Gasteiger partial charge in [0.15, 0.2) is 5.78 Å². The maximum atomic E-state index is 12.7. The van der Waals surface area contributed by atoms with Gasteiger partial charge in [-0.1, -0.05) is 84.1 Å². The molecule has 36 heavy (non-hydrogen) atoms. The predicted octanol–water partition coefficient (Wildman–Crippen LogP) is 6.34. The Morgan fingerprint density at radius 3 is 2.39 bits per heavy atom. The van der Waals surface area contributed by atoms with Crippen LogP contribution in [0.4, 0.5) is 5.95 Å². The molecule has 0 bridgehead atoms. The number of carbonyl (C=O) groups is 1. The Bertz CT molecular complexity index is 1390. The molecule has 1 aliphatic heterocycles. The fraction of sp³-hybridized carbons (Fsp3) is 0.207. The lowest BCUT2D eigenvalue weighted by Gasteiger charge is -2.28. The van der Waals surface area contributed by atoms with Crippen LogP contribution >= 0.6 is 11.8 Å². The largest absolute Gasteiger partial charge is 0.489 e. The van der Waals surface area contributed by atoms with Crippen LogP contribution in [-0.2, 0) is 17.2 Å². The molecule has 3 aromatic carbocycles. The van der Waals surface area contributed by atoms with Gasteiger partial charge in [0, 0.05) is 17.0 Å². The van der Waals surface area contributed by atoms with Gasteiger partial charge in [0.25, 0.3) is 0 Å². The zero-order chi connectivity index (χ0) is 25.1. The van der Waals surface area contributed by atoms with Crippen LogP contribution in [0.15, 0.2) is 95.3 Å². The Morgan fingerprint density at radius 1 is 0.972 bits per heavy atom. The van der Waals surface area contributed by atoms with E-state index < -0.39 is 0 Å². The van der Waals surface area contributed by atoms with Gasteiger partial charge in [0.2, 0.25) is 11.1 Å². The molecule has 1 unspecified atom stereocenters. The number of allylic oxidation sites excluding steroid dienone is 2. The molecular weight excluding hydrogens is 468 g/mol. The van der Waals surface area contributed by atoms with E-state index in [0.29, 0.717) is 23.3 Å². The van der Waals surface area contributed by atoms with E-state index in [1.54, 1.807) is 18.7 Å². The molecule has 1 aliphatic rings. The van der Waals surface area contributed by atoms with Gasteiger partial charge in [-0.15, -0.1) is 5.10 Å². The number of ketones is 1. The van der Waals surface area contributed by atoms with Crippen molar-refractivity contribution < 1.29 is 9.53 Å². The van der Waals surface area contributed by atoms with E-state index >= 15 is 0 Å². The minimum absolute atomic E-state index is 0.00401. The summed E-state index contributed by atoms with van der Waals surface area (Å²) in [6, 6.07) is 26.1. The third kappa shape index (κ3) is 5.21. The highest BCUT2D eigenvalue weighted by molar-refractivity contribution is 7.98. The lowest BCUT2D eigenvalue weighted by Crippen LogP contribution is -2.27. The number of rotatable bonds is 8. The minimum atomic E-state index is -0.358. The number of nitrogens with one attached hydrogen (secondary N) is 1. The summed E-state index contributed by atoms with van der Waals surface area (Å²) in [5, 5.41) is 8.73. The highest BCUT2D eigenvalue weighted by Crippen LogP contribution is 2.37. The van der Waals surface area contributed by atoms with Gasteiger partial charge in [-0.3, -0.25) is 4.79 Å². The average molecular weight is 497 g/mol. The molecule has 1 atom stereocenters. The van der Waals surface area contributed by atoms with Crippen molar-refractivity contribution in [3.8, 4) is 5.75 Å². The fourth-order valence-electron chi connectivity index (χ4n) is 4.28. The second-order valence-corrected chi connectivity index (χ2v) is 9.85. The van der Waals surface area contributed by atoms with Crippen LogP contribution in [0.25, 0.3) is 0 Å². The molecule has 0 fully saturated rings. The van der Waals surface area contributed by atoms with Crippen LogP contribution in [-0.4, -0.2) is 20.5 Å². The lowest BCUT2D eigenvalue weighted by molar-refractivity contribution is -0.114. The first kappa shape index (κ1) is 23.9. The SMILES string of the molecule is CC(=O)C1=C(C)Nc2nc(SCc3ccccc3)nn2C1c1ccc(OCc2ccc(C)cc2)cc1. The number of carbonyl (C=O) groups excluding carboxylic acids is 1. The molecule has 5 rings (SSSR count). The number of nitrogens with zero attached hydrogens (tertiary/aromatic N) is 3. The number of aryl methyl sites for hydroxylation is 1. The van der Waals surface area contributed by atoms with Gasteiger partial charge in [-0.25, -0.2) is 4.68 Å². The van der Waals surface area contributed by atoms with Crippen molar-refractivity contribution in [1.29, 1.82) is 0 Å². The van der Waals surface area contributed by atoms with Crippen molar-refractivity contribution in [2.24, 2.45) is 0 Å². The third-order valence-corrected chi connectivity index (χ3v) is 7.05. The molecule has 0 amide bonds. The summed E-state index contributed by atoms with van der Waals surface area (Å²) in [5.74, 6) is 2.19. The number of Topliss-reactive ketones (excluding diaryl/α,β-unsaturated/α-hetero) is 1. The molecule has 0 saturated heterocycles. The summed E-state index contributed by atoms with van der Waals surface area (Å²) >= 11 is 1.58. The number of aromatic nitrogens is 3. The van der Waals surface area contributed by atoms with E-state index in [4.69, 9.17) is 14.8 Å². The Kier molecular flexibility index (Phi) is 6.91. The van der Waals surface area contributed by atoms with Gasteiger partial charge in [0.1, 0.15) is 18.4 Å². The van der Waals surface area contributed by atoms with Crippen LogP contribution in [0.1, 0.15) is 42.1 Å². The Morgan fingerprint density at radius 2 is 1.69 bits per heavy atom. The molecule has 7 heteroatoms. The lowest BCUT2D eigenvalue weighted by atomic mass is 9.93. The highest BCUT2D eigenvalue weighted by Gasteiger charge is 2.32. The summed E-state index contributed by atoms with van der Waals surface area (Å²) in [6.07, 6.45) is 0. The molecular formula is C29H28N4O2S. The van der Waals surface area contributed by atoms with E-state index in [9.17, 15) is 4.79 Å². The zero-order valence-electron chi connectivity index (χ0n) is 20.6. The quantitative estimate of drug-likeness (QED) is 0.287. The molecule has 0 aliphatic carbocycles. The van der Waals surface area contributed by atoms with E-state index in [2.05, 4.69) is 48.6 Å². The smallest absolute Gasteiger partial charge is 0.227 e. The highest BCUT2D eigenvalue weighted by atomic mass is 32.2. The number of benzene rings is 3. The minimum Gasteiger partial charge on any atom is -0.489 e. The van der Waals surface area contributed by atoms with Gasteiger partial charge in [-0.2, -0.15) is 4.98 Å². The van der Waals surface area contributed by atoms with Crippen LogP contribution < -0.4 is 10.1 Å². The van der Waals surface area contributed by atoms with Crippen molar-refractivity contribution in [3.63, 3.8) is 0 Å². The van der Waals surface area contributed by atoms with Crippen LogP contribution in [0.2, 0.25) is 0 Å². The molecule has 0 saturated carbocycles. The van der Waals surface area contributed by atoms with Crippen LogP contribution in [0.3, 0.4) is 0 Å². The summed E-state index contributed by atoms with van der Waals surface area (Å²) < 4.78 is 7.81. The van der Waals surface area contributed by atoms with E-state index in [-0.39, 0.29) is 11.8 Å². The number of fused-ring (bicyclic) bond motifs is 1. The van der Waals surface area contributed by atoms with E-state index in [0.717, 1.165) is 28.3 Å². The van der Waals surface area contributed by atoms with Gasteiger partial charge < -0.3 is 10.1 Å². The molecule has 0 radical (unpaired) electrons. The predicted molar refractivity (Wildman–Crippen MR) is 143 cm³/mol. The maximum Gasteiger partial charge on any atom is 0.227 e. The first-order valence-electron chi connectivity index (χ1n) is 11.9. The normalized spacial score (nSPS) is 14.8. The first-order chi connectivity index (χ1) is 17.5. The summed E-state index contributed by atoms with van der Waals surface area (Å²) in [6.45, 7) is 6.08. The molecule has 182 valence electrons. The zero-order valence-corrected chi connectivity index (χ0v) is 21.4. The Hall–Kier alpha value is -3.84. The van der Waals surface area contributed by atoms with Crippen molar-refractivity contribution in [1.82, 2.24) is 14.8 Å². The Balaban J connectivity index is 1.38. The van der Waals surface area contributed by atoms with Crippen molar-refractivity contribution in [2.75, 3.05) is 5.32 Å². The monoisotopic (exact) mass is 496 g/mol. The summed E-state index contributed by atoms with van der Waals surface area (Å²) in [7, 11) is 0. The summed E-state index contributed by atoms with van der Waals surface area (Å²) in [4.78, 5) is 17.4. The molecule has 1 N–H and O–H groups in total. The number of ether oxygens (including phenoxy) is 1. The third-order valence-electron chi connectivity index (χ3n) is 6.15. The first-order valence-corrected chi connectivity index (χ1v) is 12.9. The second kappa shape index (κ2) is 10.4. The van der Waals surface area contributed by atoms with E-state index in [1.165, 1.54) is 11.1 Å². The molecule has 0 spiro atoms. The van der Waals surface area contributed by atoms with Gasteiger partial charge in [-0.05, 0) is 49.6 Å². The standard InChI is InChI=1S/C29H28N4O2S/c1-19-9-11-22(12-10-19)17-35-25-15-13-24(14-16-25)27-26(21(3)34)20(2)30-28-31-29(32-33(27)28)36-18-23-7-5-4-6-8-23/h4-16,27H,17-18H2,1-3H3,(H,30,31,32). The second-order valence-electron chi connectivity index (χ2n) is 8.90. The maximum absolute atomic E-state index is 12.7. The molecule has 4 aromatic rings. The molecule has 6 nitrogen and oxygen atoms in total. The Labute approximate surface area is 215 Å². The number of anilines is 1. The van der Waals surface area contributed by atoms with Gasteiger partial charge in [0.05, 0.1) is 0 Å². The fourth-order valence-corrected chi connectivity index (χ4v) is 5.06. The number of thioether (sulfide) groups is 1.